The number of hydrogen-bond acceptors (Lipinski definition) is 2. The molecule has 0 atom stereocenters. The predicted molar refractivity (Wildman–Crippen MR) is 33.3 cm³/mol. The fourth-order valence-electron chi connectivity index (χ4n) is 0.356. The summed E-state index contributed by atoms with van der Waals surface area (Å²) in [6.07, 6.45) is -3.37. The van der Waals surface area contributed by atoms with Crippen molar-refractivity contribution in [2.45, 2.75) is 5.25 Å². The van der Waals surface area contributed by atoms with E-state index < -0.39 is 27.2 Å². The zero-order valence-corrected chi connectivity index (χ0v) is 6.93. The van der Waals surface area contributed by atoms with Crippen molar-refractivity contribution in [2.24, 2.45) is 0 Å². The van der Waals surface area contributed by atoms with Gasteiger partial charge >= 0.3 is 11.3 Å². The monoisotopic (exact) mass is 225 g/mol. The Morgan fingerprint density at radius 1 is 1.23 bits per heavy atom. The van der Waals surface area contributed by atoms with E-state index in [1.165, 1.54) is 0 Å². The largest absolute Gasteiger partial charge is 0.414 e. The number of alkyl halides is 2. The van der Waals surface area contributed by atoms with Crippen molar-refractivity contribution in [3.05, 3.63) is 11.9 Å². The van der Waals surface area contributed by atoms with E-state index in [0.29, 0.717) is 7.05 Å². The van der Waals surface area contributed by atoms with Crippen LogP contribution < -0.4 is 4.72 Å². The van der Waals surface area contributed by atoms with Crippen molar-refractivity contribution >= 4 is 10.0 Å². The van der Waals surface area contributed by atoms with Gasteiger partial charge in [-0.1, -0.05) is 0 Å². The molecule has 0 radical (unpaired) electrons. The molecule has 0 heterocycles. The molecular formula is C4H4F5NO2S. The molecular weight excluding hydrogens is 221 g/mol. The van der Waals surface area contributed by atoms with Crippen LogP contribution in [-0.2, 0) is 10.0 Å². The summed E-state index contributed by atoms with van der Waals surface area (Å²) in [7, 11) is -4.89. The number of sulfonamides is 1. The Bertz CT molecular complexity index is 317. The van der Waals surface area contributed by atoms with Crippen LogP contribution >= 0.6 is 0 Å². The first-order valence-corrected chi connectivity index (χ1v) is 4.17. The minimum atomic E-state index is -5.44. The Morgan fingerprint density at radius 3 is 1.85 bits per heavy atom. The van der Waals surface area contributed by atoms with Crippen LogP contribution in [0.15, 0.2) is 11.9 Å². The number of rotatable bonds is 3. The van der Waals surface area contributed by atoms with Gasteiger partial charge in [0.15, 0.2) is 0 Å². The van der Waals surface area contributed by atoms with E-state index in [4.69, 9.17) is 0 Å². The van der Waals surface area contributed by atoms with Gasteiger partial charge in [-0.05, 0) is 7.05 Å². The molecule has 0 spiro atoms. The van der Waals surface area contributed by atoms with Crippen molar-refractivity contribution in [3.63, 3.8) is 0 Å². The van der Waals surface area contributed by atoms with E-state index in [1.54, 1.807) is 0 Å². The van der Waals surface area contributed by atoms with Crippen LogP contribution in [0.25, 0.3) is 0 Å². The van der Waals surface area contributed by atoms with E-state index in [0.717, 1.165) is 4.72 Å². The minimum Gasteiger partial charge on any atom is -0.213 e. The second kappa shape index (κ2) is 3.58. The van der Waals surface area contributed by atoms with Gasteiger partial charge < -0.3 is 0 Å². The van der Waals surface area contributed by atoms with Crippen LogP contribution in [0.1, 0.15) is 0 Å². The average molecular weight is 225 g/mol. The number of halogens is 5. The molecule has 0 rings (SSSR count). The lowest BCUT2D eigenvalue weighted by Gasteiger charge is -2.12. The molecule has 0 aromatic carbocycles. The summed E-state index contributed by atoms with van der Waals surface area (Å²) in [5.74, 6) is -3.28. The van der Waals surface area contributed by atoms with Crippen molar-refractivity contribution < 1.29 is 30.4 Å². The second-order valence-electron chi connectivity index (χ2n) is 1.80. The van der Waals surface area contributed by atoms with Crippen LogP contribution in [0.2, 0.25) is 0 Å². The summed E-state index contributed by atoms with van der Waals surface area (Å²) in [4.78, 5) is 0. The Labute approximate surface area is 70.3 Å². The lowest BCUT2D eigenvalue weighted by atomic mass is 10.6. The van der Waals surface area contributed by atoms with Gasteiger partial charge in [-0.2, -0.15) is 22.0 Å². The summed E-state index contributed by atoms with van der Waals surface area (Å²) < 4.78 is 80.8. The molecule has 0 aliphatic heterocycles. The highest BCUT2D eigenvalue weighted by atomic mass is 32.2. The SMILES string of the molecule is CNS(=O)(=O)C(F)(F)C(F)=C(F)F. The van der Waals surface area contributed by atoms with E-state index >= 15 is 0 Å². The lowest BCUT2D eigenvalue weighted by molar-refractivity contribution is 0.0933. The van der Waals surface area contributed by atoms with Crippen LogP contribution in [0.3, 0.4) is 0 Å². The molecule has 3 nitrogen and oxygen atoms in total. The molecule has 0 saturated heterocycles. The highest BCUT2D eigenvalue weighted by Gasteiger charge is 2.51. The summed E-state index contributed by atoms with van der Waals surface area (Å²) >= 11 is 0. The highest BCUT2D eigenvalue weighted by Crippen LogP contribution is 2.33. The molecule has 0 aliphatic carbocycles. The van der Waals surface area contributed by atoms with Crippen LogP contribution in [0.5, 0.6) is 0 Å². The maximum atomic E-state index is 12.3. The maximum absolute atomic E-state index is 12.3. The first-order chi connectivity index (χ1) is 5.66. The molecule has 78 valence electrons. The Kier molecular flexibility index (Phi) is 3.39. The topological polar surface area (TPSA) is 46.2 Å². The molecule has 0 unspecified atom stereocenters. The fourth-order valence-corrected chi connectivity index (χ4v) is 0.926. The first-order valence-electron chi connectivity index (χ1n) is 2.69. The summed E-state index contributed by atoms with van der Waals surface area (Å²) in [5.41, 5.74) is 0. The molecule has 0 fully saturated rings. The van der Waals surface area contributed by atoms with Gasteiger partial charge in [-0.3, -0.25) is 0 Å². The zero-order chi connectivity index (χ0) is 10.9. The maximum Gasteiger partial charge on any atom is 0.414 e. The third-order valence-corrected chi connectivity index (χ3v) is 2.42. The summed E-state index contributed by atoms with van der Waals surface area (Å²) in [6.45, 7) is 0. The fraction of sp³-hybridized carbons (Fsp3) is 0.500. The molecule has 9 heteroatoms. The van der Waals surface area contributed by atoms with Crippen molar-refractivity contribution in [1.82, 2.24) is 4.72 Å². The Balaban J connectivity index is 5.36. The van der Waals surface area contributed by atoms with E-state index in [2.05, 4.69) is 0 Å². The van der Waals surface area contributed by atoms with Crippen LogP contribution in [-0.4, -0.2) is 20.7 Å². The molecule has 0 amide bonds. The normalized spacial score (nSPS) is 12.8. The molecule has 0 aromatic heterocycles. The van der Waals surface area contributed by atoms with Crippen molar-refractivity contribution in [1.29, 1.82) is 0 Å². The van der Waals surface area contributed by atoms with E-state index in [-0.39, 0.29) is 0 Å². The van der Waals surface area contributed by atoms with Gasteiger partial charge in [0.2, 0.25) is 0 Å². The molecule has 1 N–H and O–H groups in total. The number of nitrogens with one attached hydrogen (secondary N) is 1. The Hall–Kier alpha value is -0.700. The third kappa shape index (κ3) is 2.15. The van der Waals surface area contributed by atoms with E-state index in [1.807, 2.05) is 0 Å². The minimum absolute atomic E-state index is 0.548. The number of hydrogen-bond donors (Lipinski definition) is 1. The first kappa shape index (κ1) is 12.3. The molecule has 0 saturated carbocycles. The molecule has 0 aromatic rings. The zero-order valence-electron chi connectivity index (χ0n) is 6.11. The summed E-state index contributed by atoms with van der Waals surface area (Å²) in [5, 5.41) is -5.25. The highest BCUT2D eigenvalue weighted by molar-refractivity contribution is 7.90. The van der Waals surface area contributed by atoms with Gasteiger partial charge in [0.25, 0.3) is 15.9 Å². The summed E-state index contributed by atoms with van der Waals surface area (Å²) in [6, 6.07) is 0. The molecule has 13 heavy (non-hydrogen) atoms. The van der Waals surface area contributed by atoms with Gasteiger partial charge in [0, 0.05) is 0 Å². The quantitative estimate of drug-likeness (QED) is 0.733. The molecule has 0 bridgehead atoms. The third-order valence-electron chi connectivity index (χ3n) is 1.03. The second-order valence-corrected chi connectivity index (χ2v) is 3.73. The van der Waals surface area contributed by atoms with Gasteiger partial charge in [0.05, 0.1) is 0 Å². The molecule has 0 aliphatic rings. The lowest BCUT2D eigenvalue weighted by Crippen LogP contribution is -2.38. The predicted octanol–water partition coefficient (Wildman–Crippen LogP) is 1.21. The van der Waals surface area contributed by atoms with Gasteiger partial charge in [0.1, 0.15) is 0 Å². The van der Waals surface area contributed by atoms with Crippen LogP contribution in [0, 0.1) is 0 Å². The van der Waals surface area contributed by atoms with Crippen molar-refractivity contribution in [3.8, 4) is 0 Å². The van der Waals surface area contributed by atoms with E-state index in [9.17, 15) is 30.4 Å². The Morgan fingerprint density at radius 2 is 1.62 bits per heavy atom. The van der Waals surface area contributed by atoms with Gasteiger partial charge in [-0.25, -0.2) is 13.1 Å². The average Bonchev–Trinajstić information content (AvgIpc) is 2.02. The standard InChI is InChI=1S/C4H4F5NO2S/c1-10-13(11,12)4(8,9)2(5)3(6)7/h10H,1H3. The van der Waals surface area contributed by atoms with Crippen LogP contribution in [0.4, 0.5) is 22.0 Å². The smallest absolute Gasteiger partial charge is 0.213 e. The van der Waals surface area contributed by atoms with Crippen molar-refractivity contribution in [2.75, 3.05) is 7.05 Å². The van der Waals surface area contributed by atoms with Gasteiger partial charge in [-0.15, -0.1) is 0 Å².